The molecular weight excluding hydrogens is 274 g/mol. The molecule has 0 aliphatic carbocycles. The van der Waals surface area contributed by atoms with E-state index in [1.54, 1.807) is 12.4 Å². The van der Waals surface area contributed by atoms with Crippen molar-refractivity contribution in [2.75, 3.05) is 0 Å². The van der Waals surface area contributed by atoms with E-state index in [1.165, 1.54) is 7.05 Å². The summed E-state index contributed by atoms with van der Waals surface area (Å²) in [6, 6.07) is 3.59. The normalized spacial score (nSPS) is 17.4. The van der Waals surface area contributed by atoms with Crippen molar-refractivity contribution in [3.63, 3.8) is 0 Å². The van der Waals surface area contributed by atoms with Crippen molar-refractivity contribution in [2.45, 2.75) is 12.5 Å². The minimum atomic E-state index is -0.670. The smallest absolute Gasteiger partial charge is 0.330 e. The number of hydrogen-bond donors (Lipinski definition) is 3. The second kappa shape index (κ2) is 4.89. The Bertz CT molecular complexity index is 822. The highest BCUT2D eigenvalue weighted by atomic mass is 16.3. The Balaban J connectivity index is 1.96. The molecule has 0 fully saturated rings. The SMILES string of the molecule is Cn1c(O)c(C2=NNC(c3cccnc3)C2)c(=O)[nH]c1=O. The van der Waals surface area contributed by atoms with Gasteiger partial charge >= 0.3 is 5.69 Å². The molecule has 3 heterocycles. The first-order valence-corrected chi connectivity index (χ1v) is 6.32. The summed E-state index contributed by atoms with van der Waals surface area (Å²) in [5, 5.41) is 14.1. The lowest BCUT2D eigenvalue weighted by Crippen LogP contribution is -2.32. The number of hydrazone groups is 1. The fourth-order valence-corrected chi connectivity index (χ4v) is 2.24. The molecular formula is C13H13N5O3. The Morgan fingerprint density at radius 2 is 2.24 bits per heavy atom. The van der Waals surface area contributed by atoms with E-state index in [-0.39, 0.29) is 11.6 Å². The van der Waals surface area contributed by atoms with Gasteiger partial charge in [-0.15, -0.1) is 0 Å². The number of rotatable bonds is 2. The van der Waals surface area contributed by atoms with Crippen molar-refractivity contribution in [1.29, 1.82) is 0 Å². The van der Waals surface area contributed by atoms with Crippen molar-refractivity contribution in [2.24, 2.45) is 12.1 Å². The highest BCUT2D eigenvalue weighted by Crippen LogP contribution is 2.24. The largest absolute Gasteiger partial charge is 0.494 e. The monoisotopic (exact) mass is 287 g/mol. The van der Waals surface area contributed by atoms with Crippen LogP contribution in [0.1, 0.15) is 23.6 Å². The minimum absolute atomic E-state index is 0.0102. The molecule has 1 aliphatic rings. The lowest BCUT2D eigenvalue weighted by Gasteiger charge is -2.09. The van der Waals surface area contributed by atoms with Crippen LogP contribution in [-0.2, 0) is 7.05 Å². The quantitative estimate of drug-likeness (QED) is 0.696. The zero-order chi connectivity index (χ0) is 15.0. The van der Waals surface area contributed by atoms with Gasteiger partial charge < -0.3 is 10.5 Å². The standard InChI is InChI=1S/C13H13N5O3/c1-18-12(20)10(11(19)15-13(18)21)9-5-8(16-17-9)7-3-2-4-14-6-7/h2-4,6,8,16,20H,5H2,1H3,(H,15,19,21). The van der Waals surface area contributed by atoms with E-state index in [2.05, 4.69) is 20.5 Å². The van der Waals surface area contributed by atoms with Gasteiger partial charge in [0, 0.05) is 25.9 Å². The van der Waals surface area contributed by atoms with Gasteiger partial charge in [-0.25, -0.2) is 4.79 Å². The lowest BCUT2D eigenvalue weighted by molar-refractivity contribution is 0.416. The van der Waals surface area contributed by atoms with Crippen LogP contribution >= 0.6 is 0 Å². The van der Waals surface area contributed by atoms with Crippen LogP contribution in [0.15, 0.2) is 39.2 Å². The molecule has 1 aliphatic heterocycles. The van der Waals surface area contributed by atoms with Gasteiger partial charge in [0.1, 0.15) is 5.56 Å². The van der Waals surface area contributed by atoms with E-state index >= 15 is 0 Å². The minimum Gasteiger partial charge on any atom is -0.494 e. The lowest BCUT2D eigenvalue weighted by atomic mass is 10.0. The van der Waals surface area contributed by atoms with Gasteiger partial charge in [-0.05, 0) is 11.6 Å². The maximum absolute atomic E-state index is 11.9. The Hall–Kier alpha value is -2.90. The molecule has 2 aromatic heterocycles. The number of aromatic hydroxyl groups is 1. The van der Waals surface area contributed by atoms with Crippen LogP contribution in [0.5, 0.6) is 5.88 Å². The fourth-order valence-electron chi connectivity index (χ4n) is 2.24. The molecule has 1 unspecified atom stereocenters. The van der Waals surface area contributed by atoms with E-state index in [0.29, 0.717) is 12.1 Å². The van der Waals surface area contributed by atoms with Gasteiger partial charge in [0.2, 0.25) is 5.88 Å². The molecule has 108 valence electrons. The zero-order valence-corrected chi connectivity index (χ0v) is 11.2. The van der Waals surface area contributed by atoms with Crippen LogP contribution in [0, 0.1) is 0 Å². The first-order chi connectivity index (χ1) is 10.1. The van der Waals surface area contributed by atoms with Gasteiger partial charge in [0.05, 0.1) is 11.8 Å². The number of hydrogen-bond acceptors (Lipinski definition) is 6. The van der Waals surface area contributed by atoms with Gasteiger partial charge in [-0.3, -0.25) is 19.3 Å². The molecule has 3 N–H and O–H groups in total. The summed E-state index contributed by atoms with van der Waals surface area (Å²) in [5.41, 5.74) is 2.93. The van der Waals surface area contributed by atoms with Crippen LogP contribution in [0.3, 0.4) is 0 Å². The summed E-state index contributed by atoms with van der Waals surface area (Å²) in [7, 11) is 1.37. The van der Waals surface area contributed by atoms with E-state index in [9.17, 15) is 14.7 Å². The van der Waals surface area contributed by atoms with Crippen molar-refractivity contribution in [3.05, 3.63) is 56.5 Å². The van der Waals surface area contributed by atoms with Crippen molar-refractivity contribution in [3.8, 4) is 5.88 Å². The molecule has 0 saturated heterocycles. The first kappa shape index (κ1) is 13.1. The number of aromatic nitrogens is 3. The molecule has 0 radical (unpaired) electrons. The molecule has 8 heteroatoms. The molecule has 0 bridgehead atoms. The molecule has 0 aromatic carbocycles. The Kier molecular flexibility index (Phi) is 3.05. The maximum atomic E-state index is 11.9. The van der Waals surface area contributed by atoms with Crippen LogP contribution in [0.4, 0.5) is 0 Å². The summed E-state index contributed by atoms with van der Waals surface area (Å²) in [5.74, 6) is -0.392. The second-order valence-corrected chi connectivity index (χ2v) is 4.75. The highest BCUT2D eigenvalue weighted by Gasteiger charge is 2.26. The van der Waals surface area contributed by atoms with Crippen LogP contribution < -0.4 is 16.7 Å². The van der Waals surface area contributed by atoms with E-state index < -0.39 is 17.1 Å². The number of pyridine rings is 1. The molecule has 0 amide bonds. The van der Waals surface area contributed by atoms with Crippen LogP contribution in [0.25, 0.3) is 0 Å². The zero-order valence-electron chi connectivity index (χ0n) is 11.2. The average molecular weight is 287 g/mol. The van der Waals surface area contributed by atoms with E-state index in [0.717, 1.165) is 10.1 Å². The van der Waals surface area contributed by atoms with Gasteiger partial charge in [-0.1, -0.05) is 6.07 Å². The molecule has 8 nitrogen and oxygen atoms in total. The first-order valence-electron chi connectivity index (χ1n) is 6.32. The Morgan fingerprint density at radius 1 is 1.43 bits per heavy atom. The van der Waals surface area contributed by atoms with E-state index in [1.807, 2.05) is 12.1 Å². The fraction of sp³-hybridized carbons (Fsp3) is 0.231. The number of nitrogens with one attached hydrogen (secondary N) is 2. The number of H-pyrrole nitrogens is 1. The van der Waals surface area contributed by atoms with Crippen LogP contribution in [0.2, 0.25) is 0 Å². The molecule has 3 rings (SSSR count). The summed E-state index contributed by atoms with van der Waals surface area (Å²) < 4.78 is 0.969. The summed E-state index contributed by atoms with van der Waals surface area (Å²) in [4.78, 5) is 29.5. The third kappa shape index (κ3) is 2.20. The maximum Gasteiger partial charge on any atom is 0.330 e. The predicted octanol–water partition coefficient (Wildman–Crippen LogP) is -0.387. The van der Waals surface area contributed by atoms with E-state index in [4.69, 9.17) is 0 Å². The second-order valence-electron chi connectivity index (χ2n) is 4.75. The summed E-state index contributed by atoms with van der Waals surface area (Å²) in [6.07, 6.45) is 3.80. The number of aromatic amines is 1. The molecule has 0 spiro atoms. The third-order valence-electron chi connectivity index (χ3n) is 3.42. The molecule has 0 saturated carbocycles. The van der Waals surface area contributed by atoms with Crippen molar-refractivity contribution in [1.82, 2.24) is 20.0 Å². The van der Waals surface area contributed by atoms with Crippen LogP contribution in [-0.4, -0.2) is 25.4 Å². The van der Waals surface area contributed by atoms with Crippen molar-refractivity contribution >= 4 is 5.71 Å². The average Bonchev–Trinajstić information content (AvgIpc) is 2.95. The third-order valence-corrected chi connectivity index (χ3v) is 3.42. The number of nitrogens with zero attached hydrogens (tertiary/aromatic N) is 3. The Morgan fingerprint density at radius 3 is 2.95 bits per heavy atom. The topological polar surface area (TPSA) is 112 Å². The molecule has 1 atom stereocenters. The molecule has 2 aromatic rings. The highest BCUT2D eigenvalue weighted by molar-refractivity contribution is 6.03. The molecule has 21 heavy (non-hydrogen) atoms. The summed E-state index contributed by atoms with van der Waals surface area (Å²) >= 11 is 0. The Labute approximate surface area is 118 Å². The predicted molar refractivity (Wildman–Crippen MR) is 75.2 cm³/mol. The van der Waals surface area contributed by atoms with Crippen molar-refractivity contribution < 1.29 is 5.11 Å². The van der Waals surface area contributed by atoms with Gasteiger partial charge in [-0.2, -0.15) is 5.10 Å². The van der Waals surface area contributed by atoms with Gasteiger partial charge in [0.15, 0.2) is 0 Å². The summed E-state index contributed by atoms with van der Waals surface area (Å²) in [6.45, 7) is 0. The van der Waals surface area contributed by atoms with Gasteiger partial charge in [0.25, 0.3) is 5.56 Å².